The van der Waals surface area contributed by atoms with Crippen LogP contribution in [0.4, 0.5) is 0 Å². The van der Waals surface area contributed by atoms with E-state index in [-0.39, 0.29) is 17.0 Å². The Balaban J connectivity index is 0.000000490. The lowest BCUT2D eigenvalue weighted by atomic mass is 10.3. The smallest absolute Gasteiger partial charge is 0.104 e. The first-order chi connectivity index (χ1) is 3.39. The van der Waals surface area contributed by atoms with E-state index < -0.39 is 0 Å². The minimum Gasteiger partial charge on any atom is -1.00 e. The van der Waals surface area contributed by atoms with Gasteiger partial charge >= 0.3 is 0 Å². The molecule has 1 fully saturated rings. The Morgan fingerprint density at radius 2 is 2.38 bits per heavy atom. The lowest BCUT2D eigenvalue weighted by molar-refractivity contribution is -0.676. The molecular formula is C5H12BrNO. The highest BCUT2D eigenvalue weighted by Crippen LogP contribution is 1.85. The first-order valence-electron chi connectivity index (χ1n) is 2.83. The van der Waals surface area contributed by atoms with E-state index in [2.05, 4.69) is 12.2 Å². The molecule has 1 rings (SSSR count). The molecule has 0 saturated carbocycles. The average molecular weight is 182 g/mol. The van der Waals surface area contributed by atoms with Gasteiger partial charge in [0, 0.05) is 0 Å². The summed E-state index contributed by atoms with van der Waals surface area (Å²) in [7, 11) is 0. The summed E-state index contributed by atoms with van der Waals surface area (Å²) in [4.78, 5) is 0. The van der Waals surface area contributed by atoms with Crippen LogP contribution in [0.25, 0.3) is 0 Å². The van der Waals surface area contributed by atoms with E-state index in [0.717, 1.165) is 19.7 Å². The van der Waals surface area contributed by atoms with Gasteiger partial charge < -0.3 is 27.0 Å². The molecule has 8 heavy (non-hydrogen) atoms. The molecule has 1 saturated heterocycles. The number of hydrogen-bond donors (Lipinski definition) is 1. The van der Waals surface area contributed by atoms with Crippen LogP contribution in [0.5, 0.6) is 0 Å². The summed E-state index contributed by atoms with van der Waals surface area (Å²) in [6, 6.07) is 0. The first kappa shape index (κ1) is 8.40. The second-order valence-corrected chi connectivity index (χ2v) is 1.99. The minimum atomic E-state index is 0. The second kappa shape index (κ2) is 4.30. The van der Waals surface area contributed by atoms with Crippen molar-refractivity contribution in [2.75, 3.05) is 19.7 Å². The van der Waals surface area contributed by atoms with E-state index in [1.54, 1.807) is 0 Å². The summed E-state index contributed by atoms with van der Waals surface area (Å²) >= 11 is 0. The van der Waals surface area contributed by atoms with Crippen LogP contribution < -0.4 is 22.3 Å². The molecule has 1 aliphatic rings. The molecule has 50 valence electrons. The van der Waals surface area contributed by atoms with E-state index in [0.29, 0.717) is 6.10 Å². The summed E-state index contributed by atoms with van der Waals surface area (Å²) in [5.41, 5.74) is 0. The predicted octanol–water partition coefficient (Wildman–Crippen LogP) is -4.03. The quantitative estimate of drug-likeness (QED) is 0.405. The molecule has 0 radical (unpaired) electrons. The van der Waals surface area contributed by atoms with E-state index in [4.69, 9.17) is 4.74 Å². The highest BCUT2D eigenvalue weighted by Gasteiger charge is 2.08. The topological polar surface area (TPSA) is 25.8 Å². The van der Waals surface area contributed by atoms with Crippen LogP contribution in [0.3, 0.4) is 0 Å². The second-order valence-electron chi connectivity index (χ2n) is 1.99. The van der Waals surface area contributed by atoms with Crippen molar-refractivity contribution < 1.29 is 27.0 Å². The van der Waals surface area contributed by atoms with Crippen molar-refractivity contribution in [3.8, 4) is 0 Å². The molecule has 1 unspecified atom stereocenters. The van der Waals surface area contributed by atoms with Gasteiger partial charge in [-0.1, -0.05) is 0 Å². The molecular weight excluding hydrogens is 170 g/mol. The van der Waals surface area contributed by atoms with Gasteiger partial charge in [0.15, 0.2) is 0 Å². The zero-order valence-electron chi connectivity index (χ0n) is 5.06. The molecule has 1 atom stereocenters. The SMILES string of the molecule is CC1C[NH2+]CCO1.[Br-]. The van der Waals surface area contributed by atoms with Crippen LogP contribution in [-0.2, 0) is 4.74 Å². The Bertz CT molecular complexity index is 54.4. The molecule has 0 amide bonds. The van der Waals surface area contributed by atoms with Crippen molar-refractivity contribution in [1.82, 2.24) is 0 Å². The highest BCUT2D eigenvalue weighted by molar-refractivity contribution is 4.46. The van der Waals surface area contributed by atoms with Crippen LogP contribution in [0.1, 0.15) is 6.92 Å². The Morgan fingerprint density at radius 1 is 1.62 bits per heavy atom. The monoisotopic (exact) mass is 181 g/mol. The zero-order valence-corrected chi connectivity index (χ0v) is 6.65. The Labute approximate surface area is 60.4 Å². The van der Waals surface area contributed by atoms with Gasteiger partial charge in [0.1, 0.15) is 12.6 Å². The molecule has 1 heterocycles. The van der Waals surface area contributed by atoms with Crippen LogP contribution in [-0.4, -0.2) is 25.8 Å². The van der Waals surface area contributed by atoms with Crippen LogP contribution in [0, 0.1) is 0 Å². The number of halogens is 1. The zero-order chi connectivity index (χ0) is 5.11. The number of quaternary nitrogens is 1. The fraction of sp³-hybridized carbons (Fsp3) is 1.00. The van der Waals surface area contributed by atoms with Crippen molar-refractivity contribution in [1.29, 1.82) is 0 Å². The molecule has 1 aliphatic heterocycles. The average Bonchev–Trinajstić information content (AvgIpc) is 1.69. The maximum absolute atomic E-state index is 5.25. The first-order valence-corrected chi connectivity index (χ1v) is 2.83. The third kappa shape index (κ3) is 2.64. The standard InChI is InChI=1S/C5H11NO.BrH/c1-5-4-6-2-3-7-5;/h5-6H,2-4H2,1H3;1H. The predicted molar refractivity (Wildman–Crippen MR) is 27.1 cm³/mol. The molecule has 0 aromatic heterocycles. The van der Waals surface area contributed by atoms with E-state index in [1.165, 1.54) is 0 Å². The number of morpholine rings is 1. The lowest BCUT2D eigenvalue weighted by Crippen LogP contribution is -3.00. The largest absolute Gasteiger partial charge is 1.00 e. The Hall–Kier alpha value is 0.400. The van der Waals surface area contributed by atoms with Crippen LogP contribution in [0.2, 0.25) is 0 Å². The fourth-order valence-electron chi connectivity index (χ4n) is 0.773. The lowest BCUT2D eigenvalue weighted by Gasteiger charge is -2.15. The summed E-state index contributed by atoms with van der Waals surface area (Å²) in [6.45, 7) is 5.32. The number of rotatable bonds is 0. The summed E-state index contributed by atoms with van der Waals surface area (Å²) in [5.74, 6) is 0. The van der Waals surface area contributed by atoms with Gasteiger partial charge in [-0.25, -0.2) is 0 Å². The normalized spacial score (nSPS) is 28.9. The molecule has 0 aliphatic carbocycles. The number of hydrogen-bond acceptors (Lipinski definition) is 1. The summed E-state index contributed by atoms with van der Waals surface area (Å²) in [5, 5.41) is 2.29. The maximum Gasteiger partial charge on any atom is 0.104 e. The van der Waals surface area contributed by atoms with Crippen molar-refractivity contribution in [3.05, 3.63) is 0 Å². The van der Waals surface area contributed by atoms with E-state index in [1.807, 2.05) is 0 Å². The molecule has 0 aromatic rings. The van der Waals surface area contributed by atoms with Gasteiger partial charge in [0.05, 0.1) is 13.2 Å². The van der Waals surface area contributed by atoms with E-state index >= 15 is 0 Å². The van der Waals surface area contributed by atoms with Crippen LogP contribution >= 0.6 is 0 Å². The van der Waals surface area contributed by atoms with Gasteiger partial charge in [-0.3, -0.25) is 0 Å². The third-order valence-corrected chi connectivity index (χ3v) is 1.22. The molecule has 0 spiro atoms. The van der Waals surface area contributed by atoms with Gasteiger partial charge in [-0.15, -0.1) is 0 Å². The maximum atomic E-state index is 5.25. The number of ether oxygens (including phenoxy) is 1. The minimum absolute atomic E-state index is 0. The van der Waals surface area contributed by atoms with Crippen molar-refractivity contribution in [3.63, 3.8) is 0 Å². The van der Waals surface area contributed by atoms with Crippen molar-refractivity contribution >= 4 is 0 Å². The van der Waals surface area contributed by atoms with Crippen molar-refractivity contribution in [2.24, 2.45) is 0 Å². The summed E-state index contributed by atoms with van der Waals surface area (Å²) < 4.78 is 5.25. The van der Waals surface area contributed by atoms with Gasteiger partial charge in [0.25, 0.3) is 0 Å². The van der Waals surface area contributed by atoms with Crippen molar-refractivity contribution in [2.45, 2.75) is 13.0 Å². The highest BCUT2D eigenvalue weighted by atomic mass is 79.9. The molecule has 2 N–H and O–H groups in total. The van der Waals surface area contributed by atoms with Crippen LogP contribution in [0.15, 0.2) is 0 Å². The molecule has 0 bridgehead atoms. The van der Waals surface area contributed by atoms with E-state index in [9.17, 15) is 0 Å². The third-order valence-electron chi connectivity index (χ3n) is 1.22. The van der Waals surface area contributed by atoms with Gasteiger partial charge in [-0.05, 0) is 6.92 Å². The number of nitrogens with two attached hydrogens (primary N) is 1. The fourth-order valence-corrected chi connectivity index (χ4v) is 0.773. The summed E-state index contributed by atoms with van der Waals surface area (Å²) in [6.07, 6.45) is 0.480. The Kier molecular flexibility index (Phi) is 4.51. The molecule has 3 heteroatoms. The van der Waals surface area contributed by atoms with Gasteiger partial charge in [0.2, 0.25) is 0 Å². The molecule has 0 aromatic carbocycles. The Morgan fingerprint density at radius 3 is 2.62 bits per heavy atom. The van der Waals surface area contributed by atoms with Gasteiger partial charge in [-0.2, -0.15) is 0 Å². The molecule has 2 nitrogen and oxygen atoms in total.